The largest absolute Gasteiger partial charge is 0.462 e. The summed E-state index contributed by atoms with van der Waals surface area (Å²) in [5.74, 6) is -1.72. The number of carbonyl (C=O) groups excluding carboxylic acids is 2. The van der Waals surface area contributed by atoms with Gasteiger partial charge >= 0.3 is 11.9 Å². The Morgan fingerprint density at radius 3 is 2.54 bits per heavy atom. The second-order valence-corrected chi connectivity index (χ2v) is 6.56. The summed E-state index contributed by atoms with van der Waals surface area (Å²) in [6, 6.07) is 8.24. The number of alkyl halides is 1. The summed E-state index contributed by atoms with van der Waals surface area (Å²) in [4.78, 5) is 23.6. The highest BCUT2D eigenvalue weighted by Gasteiger charge is 2.48. The molecule has 1 fully saturated rings. The van der Waals surface area contributed by atoms with Crippen LogP contribution < -0.4 is 0 Å². The van der Waals surface area contributed by atoms with E-state index in [9.17, 15) is 19.8 Å². The fraction of sp³-hybridized carbons (Fsp3) is 0.579. The minimum atomic E-state index is -1.57. The van der Waals surface area contributed by atoms with Crippen molar-refractivity contribution in [1.29, 1.82) is 0 Å². The van der Waals surface area contributed by atoms with Crippen LogP contribution in [0.5, 0.6) is 0 Å². The monoisotopic (exact) mass is 416 g/mol. The molecular weight excluding hydrogens is 392 g/mol. The van der Waals surface area contributed by atoms with E-state index in [-0.39, 0.29) is 18.1 Å². The molecule has 0 radical (unpaired) electrons. The summed E-state index contributed by atoms with van der Waals surface area (Å²) in [5, 5.41) is 21.0. The van der Waals surface area contributed by atoms with Gasteiger partial charge in [0.2, 0.25) is 0 Å². The fourth-order valence-electron chi connectivity index (χ4n) is 2.71. The Morgan fingerprint density at radius 1 is 1.18 bits per heavy atom. The lowest BCUT2D eigenvalue weighted by atomic mass is 9.98. The van der Waals surface area contributed by atoms with Crippen LogP contribution in [0.2, 0.25) is 0 Å². The van der Waals surface area contributed by atoms with Crippen LogP contribution in [-0.4, -0.2) is 72.0 Å². The fourth-order valence-corrected chi connectivity index (χ4v) is 2.78. The molecular formula is C19H25ClO8. The van der Waals surface area contributed by atoms with Gasteiger partial charge in [0.05, 0.1) is 5.56 Å². The highest BCUT2D eigenvalue weighted by atomic mass is 35.5. The van der Waals surface area contributed by atoms with Gasteiger partial charge in [0.25, 0.3) is 0 Å². The highest BCUT2D eigenvalue weighted by Crippen LogP contribution is 2.26. The molecule has 1 aromatic carbocycles. The molecule has 0 bridgehead atoms. The summed E-state index contributed by atoms with van der Waals surface area (Å²) < 4.78 is 21.2. The number of aliphatic hydroxyl groups excluding tert-OH is 2. The lowest BCUT2D eigenvalue weighted by molar-refractivity contribution is -0.294. The van der Waals surface area contributed by atoms with E-state index in [0.717, 1.165) is 6.42 Å². The number of unbranched alkanes of at least 4 members (excludes halogenated alkanes) is 1. The zero-order chi connectivity index (χ0) is 20.5. The molecule has 9 heteroatoms. The molecule has 1 aliphatic rings. The Labute approximate surface area is 168 Å². The average Bonchev–Trinajstić information content (AvgIpc) is 2.71. The number of benzene rings is 1. The Bertz CT molecular complexity index is 626. The average molecular weight is 417 g/mol. The summed E-state index contributed by atoms with van der Waals surface area (Å²) in [7, 11) is 0. The number of aliphatic hydroxyl groups is 2. The van der Waals surface area contributed by atoms with E-state index < -0.39 is 42.6 Å². The minimum absolute atomic E-state index is 0.287. The number of esters is 2. The summed E-state index contributed by atoms with van der Waals surface area (Å²) in [5.41, 5.74) is 0.287. The molecule has 156 valence electrons. The van der Waals surface area contributed by atoms with Gasteiger partial charge in [0.15, 0.2) is 12.4 Å². The molecule has 0 amide bonds. The van der Waals surface area contributed by atoms with E-state index in [1.54, 1.807) is 30.3 Å². The maximum atomic E-state index is 12.4. The van der Waals surface area contributed by atoms with Crippen molar-refractivity contribution in [3.8, 4) is 0 Å². The van der Waals surface area contributed by atoms with Gasteiger partial charge in [-0.25, -0.2) is 4.79 Å². The molecule has 5 atom stereocenters. The minimum Gasteiger partial charge on any atom is -0.462 e. The van der Waals surface area contributed by atoms with Crippen LogP contribution in [0.3, 0.4) is 0 Å². The van der Waals surface area contributed by atoms with E-state index in [4.69, 9.17) is 30.5 Å². The molecule has 1 saturated heterocycles. The molecule has 2 rings (SSSR count). The van der Waals surface area contributed by atoms with Crippen LogP contribution in [0, 0.1) is 0 Å². The second kappa shape index (κ2) is 11.3. The van der Waals surface area contributed by atoms with Crippen molar-refractivity contribution in [2.24, 2.45) is 0 Å². The molecule has 0 aromatic heterocycles. The van der Waals surface area contributed by atoms with Crippen molar-refractivity contribution in [2.45, 2.75) is 50.5 Å². The molecule has 8 nitrogen and oxygen atoms in total. The van der Waals surface area contributed by atoms with Crippen molar-refractivity contribution >= 4 is 23.5 Å². The van der Waals surface area contributed by atoms with E-state index >= 15 is 0 Å². The normalized spacial score (nSPS) is 27.2. The lowest BCUT2D eigenvalue weighted by Gasteiger charge is -2.41. The molecule has 2 N–H and O–H groups in total. The van der Waals surface area contributed by atoms with E-state index in [0.29, 0.717) is 13.0 Å². The zero-order valence-corrected chi connectivity index (χ0v) is 16.3. The van der Waals surface area contributed by atoms with Crippen LogP contribution in [0.4, 0.5) is 0 Å². The number of carbonyl (C=O) groups is 2. The van der Waals surface area contributed by atoms with Gasteiger partial charge in [-0.05, 0) is 18.6 Å². The number of hydrogen-bond donors (Lipinski definition) is 2. The first-order chi connectivity index (χ1) is 13.5. The lowest BCUT2D eigenvalue weighted by Crippen LogP contribution is -2.61. The van der Waals surface area contributed by atoms with Crippen molar-refractivity contribution < 1.29 is 38.7 Å². The van der Waals surface area contributed by atoms with E-state index in [2.05, 4.69) is 0 Å². The topological polar surface area (TPSA) is 112 Å². The van der Waals surface area contributed by atoms with Gasteiger partial charge in [-0.15, -0.1) is 11.6 Å². The number of hydrogen-bond acceptors (Lipinski definition) is 8. The molecule has 1 aromatic rings. The van der Waals surface area contributed by atoms with Crippen LogP contribution in [0.25, 0.3) is 0 Å². The summed E-state index contributed by atoms with van der Waals surface area (Å²) in [6.07, 6.45) is -4.65. The smallest absolute Gasteiger partial charge is 0.338 e. The number of rotatable bonds is 9. The molecule has 2 unspecified atom stereocenters. The van der Waals surface area contributed by atoms with Crippen molar-refractivity contribution in [1.82, 2.24) is 0 Å². The van der Waals surface area contributed by atoms with Crippen molar-refractivity contribution in [2.75, 3.05) is 19.1 Å². The van der Waals surface area contributed by atoms with Crippen LogP contribution in [-0.2, 0) is 23.7 Å². The molecule has 0 aliphatic carbocycles. The third kappa shape index (κ3) is 6.15. The van der Waals surface area contributed by atoms with Gasteiger partial charge in [0.1, 0.15) is 30.8 Å². The first-order valence-electron chi connectivity index (χ1n) is 9.08. The predicted molar refractivity (Wildman–Crippen MR) is 98.9 cm³/mol. The first kappa shape index (κ1) is 22.6. The van der Waals surface area contributed by atoms with Gasteiger partial charge < -0.3 is 29.2 Å². The van der Waals surface area contributed by atoms with Gasteiger partial charge in [-0.1, -0.05) is 31.5 Å². The van der Waals surface area contributed by atoms with Crippen molar-refractivity contribution in [3.63, 3.8) is 0 Å². The SMILES string of the molecule is CCCCOC1[C@H](O)C(COC(=O)CCl)O[C@@H](O)[C@H]1OC(=O)c1ccccc1. The van der Waals surface area contributed by atoms with Crippen LogP contribution in [0.1, 0.15) is 30.1 Å². The summed E-state index contributed by atoms with van der Waals surface area (Å²) >= 11 is 5.38. The molecule has 1 aliphatic heterocycles. The molecule has 0 saturated carbocycles. The Hall–Kier alpha value is -1.71. The molecule has 28 heavy (non-hydrogen) atoms. The maximum absolute atomic E-state index is 12.4. The quantitative estimate of drug-likeness (QED) is 0.351. The number of ether oxygens (including phenoxy) is 4. The Kier molecular flexibility index (Phi) is 9.14. The highest BCUT2D eigenvalue weighted by molar-refractivity contribution is 6.26. The second-order valence-electron chi connectivity index (χ2n) is 6.30. The van der Waals surface area contributed by atoms with Gasteiger partial charge in [-0.3, -0.25) is 4.79 Å². The Morgan fingerprint density at radius 2 is 1.89 bits per heavy atom. The van der Waals surface area contributed by atoms with E-state index in [1.165, 1.54) is 0 Å². The van der Waals surface area contributed by atoms with Gasteiger partial charge in [0, 0.05) is 6.61 Å². The van der Waals surface area contributed by atoms with Gasteiger partial charge in [-0.2, -0.15) is 0 Å². The van der Waals surface area contributed by atoms with Crippen molar-refractivity contribution in [3.05, 3.63) is 35.9 Å². The third-order valence-corrected chi connectivity index (χ3v) is 4.43. The zero-order valence-electron chi connectivity index (χ0n) is 15.5. The predicted octanol–water partition coefficient (Wildman–Crippen LogP) is 1.26. The number of halogens is 1. The Balaban J connectivity index is 2.10. The van der Waals surface area contributed by atoms with Crippen LogP contribution >= 0.6 is 11.6 Å². The van der Waals surface area contributed by atoms with Crippen LogP contribution in [0.15, 0.2) is 30.3 Å². The standard InChI is InChI=1S/C19H25ClO8/c1-2-3-9-25-16-15(22)13(11-26-14(21)10-20)27-19(24)17(16)28-18(23)12-7-5-4-6-8-12/h4-8,13,15-17,19,22,24H,2-3,9-11H2,1H3/t13?,15-,16?,17+,19-/m1/s1. The maximum Gasteiger partial charge on any atom is 0.338 e. The third-order valence-electron chi connectivity index (χ3n) is 4.22. The first-order valence-corrected chi connectivity index (χ1v) is 9.62. The summed E-state index contributed by atoms with van der Waals surface area (Å²) in [6.45, 7) is 1.94. The van der Waals surface area contributed by atoms with E-state index in [1.807, 2.05) is 6.92 Å². The molecule has 0 spiro atoms. The molecule has 1 heterocycles.